The number of carbonyl (C=O) groups is 1. The average Bonchev–Trinajstić information content (AvgIpc) is 2.76. The van der Waals surface area contributed by atoms with Gasteiger partial charge in [0, 0.05) is 43.9 Å². The number of amides is 1. The minimum atomic E-state index is 0.182. The van der Waals surface area contributed by atoms with Crippen molar-refractivity contribution in [2.45, 2.75) is 45.2 Å². The zero-order chi connectivity index (χ0) is 20.6. The summed E-state index contributed by atoms with van der Waals surface area (Å²) in [6.45, 7) is 4.99. The molecule has 1 amide bonds. The van der Waals surface area contributed by atoms with Crippen LogP contribution in [0.5, 0.6) is 11.5 Å². The summed E-state index contributed by atoms with van der Waals surface area (Å²) in [5.41, 5.74) is 2.23. The fourth-order valence-corrected chi connectivity index (χ4v) is 4.04. The second-order valence-corrected chi connectivity index (χ2v) is 7.55. The van der Waals surface area contributed by atoms with E-state index in [1.807, 2.05) is 30.0 Å². The molecule has 156 valence electrons. The maximum absolute atomic E-state index is 13.0. The Morgan fingerprint density at radius 3 is 2.34 bits per heavy atom. The summed E-state index contributed by atoms with van der Waals surface area (Å²) in [6, 6.07) is 16.5. The molecule has 1 saturated heterocycles. The van der Waals surface area contributed by atoms with Crippen molar-refractivity contribution in [3.05, 3.63) is 54.1 Å². The summed E-state index contributed by atoms with van der Waals surface area (Å²) in [5.74, 6) is 1.51. The fourth-order valence-electron chi connectivity index (χ4n) is 4.04. The SMILES string of the molecule is CCCC(=O)N(c1ccc(OC)c(OC)c1)C1CCN(Cc2ccccc2)CC1. The molecule has 1 aliphatic rings. The van der Waals surface area contributed by atoms with E-state index >= 15 is 0 Å². The molecule has 0 aliphatic carbocycles. The standard InChI is InChI=1S/C24H32N2O3/c1-4-8-24(27)26(21-11-12-22(28-2)23(17-21)29-3)20-13-15-25(16-14-20)18-19-9-6-5-7-10-19/h5-7,9-12,17,20H,4,8,13-16,18H2,1-3H3. The van der Waals surface area contributed by atoms with Crippen molar-refractivity contribution in [3.8, 4) is 11.5 Å². The summed E-state index contributed by atoms with van der Waals surface area (Å²) in [5, 5.41) is 0. The van der Waals surface area contributed by atoms with Crippen LogP contribution in [0.15, 0.2) is 48.5 Å². The summed E-state index contributed by atoms with van der Waals surface area (Å²) in [4.78, 5) is 17.5. The molecule has 5 nitrogen and oxygen atoms in total. The van der Waals surface area contributed by atoms with Crippen molar-refractivity contribution in [1.82, 2.24) is 4.90 Å². The van der Waals surface area contributed by atoms with Gasteiger partial charge in [0.1, 0.15) is 0 Å². The third-order valence-electron chi connectivity index (χ3n) is 5.55. The zero-order valence-corrected chi connectivity index (χ0v) is 17.8. The molecule has 0 atom stereocenters. The van der Waals surface area contributed by atoms with Gasteiger partial charge in [-0.05, 0) is 37.0 Å². The molecule has 0 unspecified atom stereocenters. The van der Waals surface area contributed by atoms with Crippen molar-refractivity contribution >= 4 is 11.6 Å². The molecule has 0 N–H and O–H groups in total. The van der Waals surface area contributed by atoms with E-state index in [1.165, 1.54) is 5.56 Å². The lowest BCUT2D eigenvalue weighted by Crippen LogP contribution is -2.47. The number of hydrogen-bond acceptors (Lipinski definition) is 4. The first-order chi connectivity index (χ1) is 14.2. The number of piperidine rings is 1. The normalized spacial score (nSPS) is 15.1. The van der Waals surface area contributed by atoms with Crippen LogP contribution in [0.4, 0.5) is 5.69 Å². The minimum Gasteiger partial charge on any atom is -0.493 e. The molecule has 1 aliphatic heterocycles. The lowest BCUT2D eigenvalue weighted by atomic mass is 10.0. The van der Waals surface area contributed by atoms with Gasteiger partial charge < -0.3 is 14.4 Å². The van der Waals surface area contributed by atoms with Crippen molar-refractivity contribution in [1.29, 1.82) is 0 Å². The minimum absolute atomic E-state index is 0.182. The smallest absolute Gasteiger partial charge is 0.227 e. The molecule has 2 aromatic carbocycles. The Labute approximate surface area is 174 Å². The molecule has 1 fully saturated rings. The van der Waals surface area contributed by atoms with Gasteiger partial charge in [0.2, 0.25) is 5.91 Å². The maximum Gasteiger partial charge on any atom is 0.227 e. The average molecular weight is 397 g/mol. The monoisotopic (exact) mass is 396 g/mol. The Morgan fingerprint density at radius 2 is 1.72 bits per heavy atom. The van der Waals surface area contributed by atoms with Gasteiger partial charge in [0.05, 0.1) is 14.2 Å². The molecule has 0 radical (unpaired) electrons. The summed E-state index contributed by atoms with van der Waals surface area (Å²) < 4.78 is 10.8. The zero-order valence-electron chi connectivity index (χ0n) is 17.8. The number of rotatable bonds is 8. The summed E-state index contributed by atoms with van der Waals surface area (Å²) in [6.07, 6.45) is 3.33. The van der Waals surface area contributed by atoms with E-state index in [4.69, 9.17) is 9.47 Å². The van der Waals surface area contributed by atoms with Gasteiger partial charge >= 0.3 is 0 Å². The number of ether oxygens (including phenoxy) is 2. The molecule has 1 heterocycles. The third-order valence-corrected chi connectivity index (χ3v) is 5.55. The lowest BCUT2D eigenvalue weighted by Gasteiger charge is -2.39. The topological polar surface area (TPSA) is 42.0 Å². The molecule has 3 rings (SSSR count). The highest BCUT2D eigenvalue weighted by molar-refractivity contribution is 5.94. The van der Waals surface area contributed by atoms with E-state index in [1.54, 1.807) is 14.2 Å². The van der Waals surface area contributed by atoms with Crippen LogP contribution in [-0.2, 0) is 11.3 Å². The van der Waals surface area contributed by atoms with Crippen molar-refractivity contribution in [2.24, 2.45) is 0 Å². The second kappa shape index (κ2) is 10.3. The van der Waals surface area contributed by atoms with E-state index < -0.39 is 0 Å². The van der Waals surface area contributed by atoms with E-state index in [-0.39, 0.29) is 11.9 Å². The van der Waals surface area contributed by atoms with Crippen LogP contribution in [0.3, 0.4) is 0 Å². The third kappa shape index (κ3) is 5.30. The quantitative estimate of drug-likeness (QED) is 0.659. The highest BCUT2D eigenvalue weighted by atomic mass is 16.5. The van der Waals surface area contributed by atoms with E-state index in [2.05, 4.69) is 35.2 Å². The van der Waals surface area contributed by atoms with Crippen LogP contribution < -0.4 is 14.4 Å². The maximum atomic E-state index is 13.0. The largest absolute Gasteiger partial charge is 0.493 e. The highest BCUT2D eigenvalue weighted by Crippen LogP contribution is 2.34. The van der Waals surface area contributed by atoms with Gasteiger partial charge in [-0.25, -0.2) is 0 Å². The lowest BCUT2D eigenvalue weighted by molar-refractivity contribution is -0.119. The molecular formula is C24H32N2O3. The first-order valence-corrected chi connectivity index (χ1v) is 10.5. The van der Waals surface area contributed by atoms with Crippen LogP contribution in [-0.4, -0.2) is 44.2 Å². The first kappa shape index (κ1) is 21.2. The van der Waals surface area contributed by atoms with Crippen molar-refractivity contribution < 1.29 is 14.3 Å². The molecule has 0 saturated carbocycles. The Bertz CT molecular complexity index is 786. The van der Waals surface area contributed by atoms with Crippen LogP contribution in [0.25, 0.3) is 0 Å². The molecule has 2 aromatic rings. The molecule has 0 spiro atoms. The number of anilines is 1. The Balaban J connectivity index is 1.74. The predicted molar refractivity (Wildman–Crippen MR) is 117 cm³/mol. The fraction of sp³-hybridized carbons (Fsp3) is 0.458. The Hall–Kier alpha value is -2.53. The van der Waals surface area contributed by atoms with E-state index in [0.29, 0.717) is 17.9 Å². The predicted octanol–water partition coefficient (Wildman–Crippen LogP) is 4.50. The number of carbonyl (C=O) groups excluding carboxylic acids is 1. The number of methoxy groups -OCH3 is 2. The second-order valence-electron chi connectivity index (χ2n) is 7.55. The van der Waals surface area contributed by atoms with Gasteiger partial charge in [-0.2, -0.15) is 0 Å². The van der Waals surface area contributed by atoms with Gasteiger partial charge in [-0.1, -0.05) is 37.3 Å². The number of benzene rings is 2. The van der Waals surface area contributed by atoms with Crippen LogP contribution in [0, 0.1) is 0 Å². The number of nitrogens with zero attached hydrogens (tertiary/aromatic N) is 2. The first-order valence-electron chi connectivity index (χ1n) is 10.5. The van der Waals surface area contributed by atoms with Crippen molar-refractivity contribution in [2.75, 3.05) is 32.2 Å². The molecular weight excluding hydrogens is 364 g/mol. The Morgan fingerprint density at radius 1 is 1.03 bits per heavy atom. The van der Waals surface area contributed by atoms with Gasteiger partial charge in [-0.15, -0.1) is 0 Å². The molecule has 5 heteroatoms. The number of hydrogen-bond donors (Lipinski definition) is 0. The van der Waals surface area contributed by atoms with E-state index in [0.717, 1.165) is 44.6 Å². The molecule has 0 aromatic heterocycles. The van der Waals surface area contributed by atoms with E-state index in [9.17, 15) is 4.79 Å². The molecule has 0 bridgehead atoms. The summed E-state index contributed by atoms with van der Waals surface area (Å²) >= 11 is 0. The number of likely N-dealkylation sites (tertiary alicyclic amines) is 1. The van der Waals surface area contributed by atoms with Crippen LogP contribution in [0.2, 0.25) is 0 Å². The van der Waals surface area contributed by atoms with Crippen molar-refractivity contribution in [3.63, 3.8) is 0 Å². The van der Waals surface area contributed by atoms with Gasteiger partial charge in [-0.3, -0.25) is 9.69 Å². The van der Waals surface area contributed by atoms with Gasteiger partial charge in [0.25, 0.3) is 0 Å². The summed E-state index contributed by atoms with van der Waals surface area (Å²) in [7, 11) is 3.25. The van der Waals surface area contributed by atoms with Gasteiger partial charge in [0.15, 0.2) is 11.5 Å². The highest BCUT2D eigenvalue weighted by Gasteiger charge is 2.29. The Kier molecular flexibility index (Phi) is 7.53. The molecule has 29 heavy (non-hydrogen) atoms. The van der Waals surface area contributed by atoms with Crippen LogP contribution in [0.1, 0.15) is 38.2 Å². The van der Waals surface area contributed by atoms with Crippen LogP contribution >= 0.6 is 0 Å².